The van der Waals surface area contributed by atoms with Gasteiger partial charge in [-0.25, -0.2) is 4.99 Å². The number of hydrogen-bond acceptors (Lipinski definition) is 6. The molecule has 0 saturated carbocycles. The van der Waals surface area contributed by atoms with Crippen LogP contribution in [-0.2, 0) is 11.2 Å². The first kappa shape index (κ1) is 34.8. The number of carbonyl (C=O) groups is 1. The van der Waals surface area contributed by atoms with Gasteiger partial charge in [-0.05, 0) is 49.6 Å². The molecule has 5 rings (SSSR count). The zero-order chi connectivity index (χ0) is 29.1. The van der Waals surface area contributed by atoms with Crippen molar-refractivity contribution in [2.24, 2.45) is 4.99 Å². The molecule has 2 heterocycles. The minimum Gasteiger partial charge on any atom is -0.496 e. The zero-order valence-corrected chi connectivity index (χ0v) is 28.3. The third kappa shape index (κ3) is 7.54. The number of ether oxygens (including phenoxy) is 1. The number of likely N-dealkylation sites (N-methyl/N-ethyl adjacent to an activating group) is 2. The van der Waals surface area contributed by atoms with E-state index in [0.29, 0.717) is 34.3 Å². The molecule has 3 aromatic rings. The molecule has 1 unspecified atom stereocenters. The maximum atomic E-state index is 14.4. The van der Waals surface area contributed by atoms with Crippen LogP contribution in [0, 0.1) is 0 Å². The molecule has 0 N–H and O–H groups in total. The Balaban J connectivity index is 0.00000253. The molecule has 0 spiro atoms. The van der Waals surface area contributed by atoms with E-state index >= 15 is 0 Å². The first-order valence-corrected chi connectivity index (χ1v) is 14.9. The van der Waals surface area contributed by atoms with Gasteiger partial charge in [-0.2, -0.15) is 0 Å². The molecular weight excluding hydrogens is 646 g/mol. The van der Waals surface area contributed by atoms with Crippen LogP contribution in [0.2, 0.25) is 10.0 Å². The summed E-state index contributed by atoms with van der Waals surface area (Å²) < 4.78 is 5.83. The Morgan fingerprint density at radius 1 is 0.930 bits per heavy atom. The molecule has 0 bridgehead atoms. The lowest BCUT2D eigenvalue weighted by molar-refractivity contribution is -0.126. The Bertz CT molecular complexity index is 1530. The maximum absolute atomic E-state index is 14.4. The highest BCUT2D eigenvalue weighted by molar-refractivity contribution is 8.22. The van der Waals surface area contributed by atoms with E-state index in [1.807, 2.05) is 88.0 Å². The van der Waals surface area contributed by atoms with E-state index in [4.69, 9.17) is 32.9 Å². The predicted octanol–water partition coefficient (Wildman–Crippen LogP) is 7.82. The van der Waals surface area contributed by atoms with Gasteiger partial charge in [0, 0.05) is 48.8 Å². The highest BCUT2D eigenvalue weighted by atomic mass is 35.5. The van der Waals surface area contributed by atoms with E-state index in [-0.39, 0.29) is 30.7 Å². The molecule has 0 aromatic heterocycles. The van der Waals surface area contributed by atoms with Gasteiger partial charge in [0.25, 0.3) is 5.91 Å². The fraction of sp³-hybridized carbons (Fsp3) is 0.250. The number of nitrogens with zero attached hydrogens (tertiary/aromatic N) is 4. The molecule has 0 aliphatic carbocycles. The van der Waals surface area contributed by atoms with Gasteiger partial charge in [0.15, 0.2) is 5.17 Å². The number of aliphatic imine (C=N–C) groups is 1. The first-order chi connectivity index (χ1) is 19.8. The smallest absolute Gasteiger partial charge is 0.253 e. The molecule has 6 nitrogen and oxygen atoms in total. The minimum atomic E-state index is -0.474. The molecule has 0 fully saturated rings. The van der Waals surface area contributed by atoms with Crippen LogP contribution in [-0.4, -0.2) is 67.1 Å². The molecule has 0 saturated heterocycles. The number of carbonyl (C=O) groups excluding carboxylic acids is 1. The lowest BCUT2D eigenvalue weighted by Crippen LogP contribution is -2.41. The zero-order valence-electron chi connectivity index (χ0n) is 24.3. The van der Waals surface area contributed by atoms with Crippen LogP contribution in [0.5, 0.6) is 5.75 Å². The summed E-state index contributed by atoms with van der Waals surface area (Å²) >= 11 is 14.8. The summed E-state index contributed by atoms with van der Waals surface area (Å²) in [6.07, 6.45) is 2.51. The number of amides is 1. The summed E-state index contributed by atoms with van der Waals surface area (Å²) in [4.78, 5) is 26.3. The van der Waals surface area contributed by atoms with Crippen molar-refractivity contribution in [1.29, 1.82) is 0 Å². The fourth-order valence-electron chi connectivity index (χ4n) is 4.97. The Kier molecular flexibility index (Phi) is 12.5. The van der Waals surface area contributed by atoms with E-state index in [9.17, 15) is 4.79 Å². The SMILES string of the molecule is COc1ccccc1C1C(C(=O)N(C)CCN(C)C)=C(Cc2ccccc2)N=C2SC(c3c(Cl)cccc3Cl)=CN21.Cl.Cl. The van der Waals surface area contributed by atoms with Crippen molar-refractivity contribution in [1.82, 2.24) is 14.7 Å². The van der Waals surface area contributed by atoms with Crippen LogP contribution < -0.4 is 4.74 Å². The molecule has 0 radical (unpaired) electrons. The van der Waals surface area contributed by atoms with Crippen LogP contribution in [0.15, 0.2) is 95.3 Å². The number of halogens is 4. The van der Waals surface area contributed by atoms with Crippen LogP contribution in [0.1, 0.15) is 22.7 Å². The number of hydrogen-bond donors (Lipinski definition) is 0. The van der Waals surface area contributed by atoms with Crippen molar-refractivity contribution in [2.75, 3.05) is 41.3 Å². The number of benzene rings is 3. The second-order valence-corrected chi connectivity index (χ2v) is 12.0. The third-order valence-electron chi connectivity index (χ3n) is 7.09. The molecule has 1 amide bonds. The average Bonchev–Trinajstić information content (AvgIpc) is 3.38. The quantitative estimate of drug-likeness (QED) is 0.231. The van der Waals surface area contributed by atoms with Crippen molar-refractivity contribution in [3.8, 4) is 5.75 Å². The summed E-state index contributed by atoms with van der Waals surface area (Å²) in [7, 11) is 7.50. The number of fused-ring (bicyclic) bond motifs is 1. The molecule has 3 aromatic carbocycles. The van der Waals surface area contributed by atoms with Crippen LogP contribution >= 0.6 is 59.8 Å². The van der Waals surface area contributed by atoms with E-state index in [2.05, 4.69) is 21.9 Å². The van der Waals surface area contributed by atoms with Gasteiger partial charge in [-0.15, -0.1) is 24.8 Å². The highest BCUT2D eigenvalue weighted by Gasteiger charge is 2.42. The molecule has 1 atom stereocenters. The normalized spacial score (nSPS) is 15.7. The molecule has 2 aliphatic rings. The van der Waals surface area contributed by atoms with Crippen LogP contribution in [0.3, 0.4) is 0 Å². The first-order valence-electron chi connectivity index (χ1n) is 13.3. The standard InChI is InChI=1S/C32H32Cl2N4O2S.2ClH/c1-36(2)17-18-37(3)31(39)29-25(19-21-11-6-5-7-12-21)35-32-38(30(29)22-13-8-9-16-26(22)40-4)20-27(41-32)28-23(33)14-10-15-24(28)34;;/h5-16,20,30H,17-19H2,1-4H3;2*1H. The number of methoxy groups -OCH3 is 1. The highest BCUT2D eigenvalue weighted by Crippen LogP contribution is 2.50. The summed E-state index contributed by atoms with van der Waals surface area (Å²) in [5.74, 6) is 0.626. The van der Waals surface area contributed by atoms with Gasteiger partial charge >= 0.3 is 0 Å². The van der Waals surface area contributed by atoms with Gasteiger partial charge in [-0.3, -0.25) is 4.79 Å². The summed E-state index contributed by atoms with van der Waals surface area (Å²) in [6, 6.07) is 23.0. The Morgan fingerprint density at radius 2 is 1.58 bits per heavy atom. The van der Waals surface area contributed by atoms with Crippen molar-refractivity contribution in [2.45, 2.75) is 12.5 Å². The lowest BCUT2D eigenvalue weighted by Gasteiger charge is -2.36. The monoisotopic (exact) mass is 678 g/mol. The topological polar surface area (TPSA) is 48.4 Å². The second kappa shape index (κ2) is 15.4. The van der Waals surface area contributed by atoms with E-state index < -0.39 is 6.04 Å². The van der Waals surface area contributed by atoms with E-state index in [1.165, 1.54) is 11.8 Å². The number of para-hydroxylation sites is 1. The number of amidine groups is 1. The second-order valence-electron chi connectivity index (χ2n) is 10.2. The Hall–Kier alpha value is -2.65. The largest absolute Gasteiger partial charge is 0.496 e. The van der Waals surface area contributed by atoms with Crippen molar-refractivity contribution in [3.05, 3.63) is 117 Å². The molecule has 43 heavy (non-hydrogen) atoms. The third-order valence-corrected chi connectivity index (χ3v) is 8.73. The van der Waals surface area contributed by atoms with Crippen LogP contribution in [0.4, 0.5) is 0 Å². The summed E-state index contributed by atoms with van der Waals surface area (Å²) in [5, 5.41) is 1.87. The van der Waals surface area contributed by atoms with Gasteiger partial charge in [0.1, 0.15) is 5.75 Å². The number of thioether (sulfide) groups is 1. The summed E-state index contributed by atoms with van der Waals surface area (Å²) in [5.41, 5.74) is 4.04. The van der Waals surface area contributed by atoms with Gasteiger partial charge in [0.05, 0.1) is 34.5 Å². The van der Waals surface area contributed by atoms with Gasteiger partial charge in [-0.1, -0.05) is 77.8 Å². The van der Waals surface area contributed by atoms with Crippen LogP contribution in [0.25, 0.3) is 4.91 Å². The molecule has 228 valence electrons. The number of rotatable bonds is 9. The van der Waals surface area contributed by atoms with Crippen molar-refractivity contribution < 1.29 is 9.53 Å². The lowest BCUT2D eigenvalue weighted by atomic mass is 9.90. The van der Waals surface area contributed by atoms with Gasteiger partial charge in [0.2, 0.25) is 0 Å². The minimum absolute atomic E-state index is 0. The molecular formula is C32H34Cl4N4O2S. The van der Waals surface area contributed by atoms with Gasteiger partial charge < -0.3 is 19.4 Å². The predicted molar refractivity (Wildman–Crippen MR) is 185 cm³/mol. The van der Waals surface area contributed by atoms with Crippen molar-refractivity contribution >= 4 is 75.8 Å². The van der Waals surface area contributed by atoms with Crippen molar-refractivity contribution in [3.63, 3.8) is 0 Å². The number of allylic oxidation sites excluding steroid dienone is 1. The fourth-order valence-corrected chi connectivity index (χ4v) is 6.78. The van der Waals surface area contributed by atoms with E-state index in [1.54, 1.807) is 12.0 Å². The summed E-state index contributed by atoms with van der Waals surface area (Å²) in [6.45, 7) is 1.32. The Morgan fingerprint density at radius 3 is 2.23 bits per heavy atom. The molecule has 2 aliphatic heterocycles. The Labute approximate surface area is 280 Å². The molecule has 11 heteroatoms. The maximum Gasteiger partial charge on any atom is 0.253 e. The van der Waals surface area contributed by atoms with E-state index in [0.717, 1.165) is 39.0 Å². The average molecular weight is 681 g/mol.